The summed E-state index contributed by atoms with van der Waals surface area (Å²) in [4.78, 5) is 38.3. The summed E-state index contributed by atoms with van der Waals surface area (Å²) in [5.74, 6) is -0.879. The summed E-state index contributed by atoms with van der Waals surface area (Å²) in [6, 6.07) is 0. The summed E-state index contributed by atoms with van der Waals surface area (Å²) in [5.41, 5.74) is 0. The molecule has 6 nitrogen and oxygen atoms in total. The van der Waals surface area contributed by atoms with Gasteiger partial charge in [-0.15, -0.1) is 0 Å². The SMILES string of the molecule is CC/C=C\C/C=C\C/C=C\C/C=C\C/C=C\CCCCCCCCCC(=O)OC(COC(=O)CCCCCCCCCCCC)COC(=O)CCCCCCCCCCCCCCC/C=C\C/C=C\CCCCCCC. The van der Waals surface area contributed by atoms with Gasteiger partial charge in [-0.25, -0.2) is 0 Å². The van der Waals surface area contributed by atoms with Gasteiger partial charge in [-0.05, 0) is 96.3 Å². The lowest BCUT2D eigenvalue weighted by atomic mass is 10.0. The summed E-state index contributed by atoms with van der Waals surface area (Å²) in [6.07, 6.45) is 84.5. The van der Waals surface area contributed by atoms with E-state index in [2.05, 4.69) is 106 Å². The van der Waals surface area contributed by atoms with Crippen LogP contribution in [0.5, 0.6) is 0 Å². The van der Waals surface area contributed by atoms with Crippen molar-refractivity contribution in [3.8, 4) is 0 Å². The van der Waals surface area contributed by atoms with Gasteiger partial charge in [0, 0.05) is 19.3 Å². The predicted octanol–water partition coefficient (Wildman–Crippen LogP) is 22.3. The molecule has 0 aromatic rings. The molecule has 0 amide bonds. The maximum absolute atomic E-state index is 12.9. The van der Waals surface area contributed by atoms with E-state index in [1.54, 1.807) is 0 Å². The van der Waals surface area contributed by atoms with Gasteiger partial charge in [-0.1, -0.05) is 292 Å². The van der Waals surface area contributed by atoms with Crippen LogP contribution in [0, 0.1) is 0 Å². The Labute approximate surface area is 471 Å². The van der Waals surface area contributed by atoms with E-state index >= 15 is 0 Å². The molecule has 0 aromatic carbocycles. The van der Waals surface area contributed by atoms with Crippen molar-refractivity contribution in [3.63, 3.8) is 0 Å². The minimum absolute atomic E-state index is 0.0785. The van der Waals surface area contributed by atoms with E-state index < -0.39 is 6.10 Å². The molecule has 1 atom stereocenters. The van der Waals surface area contributed by atoms with E-state index in [0.717, 1.165) is 103 Å². The van der Waals surface area contributed by atoms with Gasteiger partial charge in [-0.3, -0.25) is 14.4 Å². The molecule has 0 aliphatic carbocycles. The van der Waals surface area contributed by atoms with Crippen LogP contribution < -0.4 is 0 Å². The van der Waals surface area contributed by atoms with E-state index in [1.165, 1.54) is 180 Å². The van der Waals surface area contributed by atoms with Crippen molar-refractivity contribution in [3.05, 3.63) is 85.1 Å². The minimum Gasteiger partial charge on any atom is -0.462 e. The zero-order valence-electron chi connectivity index (χ0n) is 50.3. The summed E-state index contributed by atoms with van der Waals surface area (Å²) in [7, 11) is 0. The summed E-state index contributed by atoms with van der Waals surface area (Å²) >= 11 is 0. The van der Waals surface area contributed by atoms with E-state index in [0.29, 0.717) is 19.3 Å². The number of hydrogen-bond acceptors (Lipinski definition) is 6. The smallest absolute Gasteiger partial charge is 0.306 e. The zero-order chi connectivity index (χ0) is 55.0. The van der Waals surface area contributed by atoms with E-state index in [9.17, 15) is 14.4 Å². The minimum atomic E-state index is -0.782. The van der Waals surface area contributed by atoms with Crippen molar-refractivity contribution in [1.82, 2.24) is 0 Å². The van der Waals surface area contributed by atoms with Crippen LogP contribution >= 0.6 is 0 Å². The fourth-order valence-electron chi connectivity index (χ4n) is 9.27. The number of allylic oxidation sites excluding steroid dienone is 14. The molecule has 438 valence electrons. The summed E-state index contributed by atoms with van der Waals surface area (Å²) < 4.78 is 16.9. The Morgan fingerprint density at radius 2 is 0.513 bits per heavy atom. The Balaban J connectivity index is 4.25. The quantitative estimate of drug-likeness (QED) is 0.0261. The van der Waals surface area contributed by atoms with Crippen LogP contribution in [0.4, 0.5) is 0 Å². The van der Waals surface area contributed by atoms with E-state index in [4.69, 9.17) is 14.2 Å². The van der Waals surface area contributed by atoms with Gasteiger partial charge in [0.25, 0.3) is 0 Å². The second-order valence-electron chi connectivity index (χ2n) is 21.6. The van der Waals surface area contributed by atoms with Gasteiger partial charge in [-0.2, -0.15) is 0 Å². The van der Waals surface area contributed by atoms with Crippen molar-refractivity contribution in [2.24, 2.45) is 0 Å². The molecule has 0 aliphatic rings. The summed E-state index contributed by atoms with van der Waals surface area (Å²) in [6.45, 7) is 6.53. The predicted molar refractivity (Wildman–Crippen MR) is 330 cm³/mol. The van der Waals surface area contributed by atoms with Crippen LogP contribution in [-0.4, -0.2) is 37.2 Å². The maximum Gasteiger partial charge on any atom is 0.306 e. The third-order valence-corrected chi connectivity index (χ3v) is 14.1. The Hall–Kier alpha value is -3.41. The Kier molecular flexibility index (Phi) is 61.2. The van der Waals surface area contributed by atoms with Crippen molar-refractivity contribution in [2.75, 3.05) is 13.2 Å². The molecule has 1 unspecified atom stereocenters. The molecule has 0 radical (unpaired) electrons. The van der Waals surface area contributed by atoms with Gasteiger partial charge in [0.1, 0.15) is 13.2 Å². The lowest BCUT2D eigenvalue weighted by molar-refractivity contribution is -0.167. The highest BCUT2D eigenvalue weighted by Gasteiger charge is 2.19. The first-order chi connectivity index (χ1) is 37.5. The third-order valence-electron chi connectivity index (χ3n) is 14.1. The Bertz CT molecular complexity index is 1450. The molecular weight excluding hydrogens is 937 g/mol. The van der Waals surface area contributed by atoms with Crippen LogP contribution in [-0.2, 0) is 28.6 Å². The van der Waals surface area contributed by atoms with Crippen LogP contribution in [0.2, 0.25) is 0 Å². The van der Waals surface area contributed by atoms with Gasteiger partial charge >= 0.3 is 17.9 Å². The van der Waals surface area contributed by atoms with Gasteiger partial charge in [0.15, 0.2) is 6.10 Å². The monoisotopic (exact) mass is 1060 g/mol. The second kappa shape index (κ2) is 64.1. The second-order valence-corrected chi connectivity index (χ2v) is 21.6. The molecular formula is C70H122O6. The van der Waals surface area contributed by atoms with Crippen molar-refractivity contribution in [1.29, 1.82) is 0 Å². The van der Waals surface area contributed by atoms with E-state index in [-0.39, 0.29) is 31.1 Å². The molecule has 76 heavy (non-hydrogen) atoms. The van der Waals surface area contributed by atoms with Crippen LogP contribution in [0.1, 0.15) is 323 Å². The molecule has 0 fully saturated rings. The molecule has 0 bridgehead atoms. The first-order valence-electron chi connectivity index (χ1n) is 32.6. The van der Waals surface area contributed by atoms with Crippen molar-refractivity contribution >= 4 is 17.9 Å². The highest BCUT2D eigenvalue weighted by atomic mass is 16.6. The number of ether oxygens (including phenoxy) is 3. The average Bonchev–Trinajstić information content (AvgIpc) is 3.42. The van der Waals surface area contributed by atoms with Gasteiger partial charge in [0.05, 0.1) is 0 Å². The maximum atomic E-state index is 12.9. The lowest BCUT2D eigenvalue weighted by Crippen LogP contribution is -2.30. The Morgan fingerprint density at radius 3 is 0.803 bits per heavy atom. The van der Waals surface area contributed by atoms with E-state index in [1.807, 2.05) is 0 Å². The fourth-order valence-corrected chi connectivity index (χ4v) is 9.27. The molecule has 6 heteroatoms. The topological polar surface area (TPSA) is 78.9 Å². The number of unbranched alkanes of at least 4 members (excludes halogenated alkanes) is 34. The molecule has 0 spiro atoms. The van der Waals surface area contributed by atoms with Gasteiger partial charge < -0.3 is 14.2 Å². The van der Waals surface area contributed by atoms with Crippen LogP contribution in [0.25, 0.3) is 0 Å². The molecule has 0 heterocycles. The number of carbonyl (C=O) groups is 3. The molecule has 0 aliphatic heterocycles. The first-order valence-corrected chi connectivity index (χ1v) is 32.6. The zero-order valence-corrected chi connectivity index (χ0v) is 50.3. The molecule has 0 N–H and O–H groups in total. The molecule has 0 rings (SSSR count). The number of carbonyl (C=O) groups excluding carboxylic acids is 3. The van der Waals surface area contributed by atoms with Crippen LogP contribution in [0.15, 0.2) is 85.1 Å². The first kappa shape index (κ1) is 72.6. The highest BCUT2D eigenvalue weighted by molar-refractivity contribution is 5.71. The molecule has 0 aromatic heterocycles. The largest absolute Gasteiger partial charge is 0.462 e. The third kappa shape index (κ3) is 61.4. The normalized spacial score (nSPS) is 12.6. The molecule has 0 saturated heterocycles. The van der Waals surface area contributed by atoms with Crippen molar-refractivity contribution in [2.45, 2.75) is 329 Å². The van der Waals surface area contributed by atoms with Gasteiger partial charge in [0.2, 0.25) is 0 Å². The lowest BCUT2D eigenvalue weighted by Gasteiger charge is -2.18. The standard InChI is InChI=1S/C70H122O6/c1-4-7-10-13-16-19-22-24-26-28-30-32-34-35-37-38-40-42-44-46-48-51-54-57-60-63-69(72)75-66-67(65-74-68(71)62-59-56-53-50-21-18-15-12-9-6-3)76-70(73)64-61-58-55-52-49-47-45-43-41-39-36-33-31-29-27-25-23-20-17-14-11-8-5-2/h8,11,17,20,22,24-25,27-28,30-31,33,39,41,67H,4-7,9-10,12-16,18-19,21,23,26,29,32,34-38,40,42-66H2,1-3H3/b11-8-,20-17-,24-22-,27-25-,30-28-,33-31-,41-39-. The fraction of sp³-hybridized carbons (Fsp3) is 0.757. The highest BCUT2D eigenvalue weighted by Crippen LogP contribution is 2.16. The van der Waals surface area contributed by atoms with Crippen molar-refractivity contribution < 1.29 is 28.6 Å². The molecule has 0 saturated carbocycles. The average molecular weight is 1060 g/mol. The van der Waals surface area contributed by atoms with Crippen LogP contribution in [0.3, 0.4) is 0 Å². The summed E-state index contributed by atoms with van der Waals surface area (Å²) in [5, 5.41) is 0. The Morgan fingerprint density at radius 1 is 0.276 bits per heavy atom. The number of esters is 3. The number of hydrogen-bond donors (Lipinski definition) is 0. The number of rotatable bonds is 59.